The summed E-state index contributed by atoms with van der Waals surface area (Å²) < 4.78 is 12.8. The largest absolute Gasteiger partial charge is 0.440 e. The van der Waals surface area contributed by atoms with Gasteiger partial charge in [0.25, 0.3) is 0 Å². The Hall–Kier alpha value is -6.78. The van der Waals surface area contributed by atoms with Gasteiger partial charge in [0.15, 0.2) is 0 Å². The van der Waals surface area contributed by atoms with E-state index in [1.807, 2.05) is 97.1 Å². The third-order valence-corrected chi connectivity index (χ3v) is 8.54. The predicted octanol–water partition coefficient (Wildman–Crippen LogP) is 13.3. The van der Waals surface area contributed by atoms with Crippen molar-refractivity contribution in [1.82, 2.24) is 0 Å². The summed E-state index contributed by atoms with van der Waals surface area (Å²) in [5.41, 5.74) is 8.43. The summed E-state index contributed by atoms with van der Waals surface area (Å²) >= 11 is 0. The molecule has 4 nitrogen and oxygen atoms in total. The zero-order chi connectivity index (χ0) is 33.5. The number of nitrogens with zero attached hydrogens (tertiary/aromatic N) is 2. The molecule has 0 aliphatic heterocycles. The van der Waals surface area contributed by atoms with Crippen LogP contribution in [0.1, 0.15) is 11.1 Å². The lowest BCUT2D eigenvalue weighted by Crippen LogP contribution is -2.08. The van der Waals surface area contributed by atoms with Crippen molar-refractivity contribution in [1.29, 1.82) is 0 Å². The molecule has 0 unspecified atom stereocenters. The highest BCUT2D eigenvalue weighted by Gasteiger charge is 2.18. The summed E-state index contributed by atoms with van der Waals surface area (Å²) in [6.45, 7) is 0. The van der Waals surface area contributed by atoms with E-state index in [1.54, 1.807) is 0 Å². The highest BCUT2D eigenvalue weighted by molar-refractivity contribution is 5.77. The molecule has 50 heavy (non-hydrogen) atoms. The first-order valence-electron chi connectivity index (χ1n) is 16.7. The minimum Gasteiger partial charge on any atom is -0.440 e. The summed E-state index contributed by atoms with van der Waals surface area (Å²) in [6, 6.07) is 66.1. The van der Waals surface area contributed by atoms with Gasteiger partial charge in [0.05, 0.1) is 0 Å². The van der Waals surface area contributed by atoms with Gasteiger partial charge >= 0.3 is 0 Å². The third-order valence-electron chi connectivity index (χ3n) is 8.54. The molecule has 0 fully saturated rings. The average Bonchev–Trinajstić information content (AvgIpc) is 3.88. The molecule has 8 rings (SSSR count). The standard InChI is InChI=1S/C46H34N2O2/c1-5-13-39(14-6-1)47(40-15-7-2-8-16-40)45-33-31-43(49-45)37-27-23-35(24-28-37)21-22-36-25-29-38(30-26-36)44-32-34-46(50-44)48(41-17-9-3-10-18-41)42-19-11-4-12-20-42/h1-34H. The van der Waals surface area contributed by atoms with Crippen molar-refractivity contribution in [2.75, 3.05) is 9.80 Å². The Kier molecular flexibility index (Phi) is 8.64. The Labute approximate surface area is 292 Å². The lowest BCUT2D eigenvalue weighted by molar-refractivity contribution is 0.588. The monoisotopic (exact) mass is 646 g/mol. The van der Waals surface area contributed by atoms with Gasteiger partial charge in [0.2, 0.25) is 11.8 Å². The van der Waals surface area contributed by atoms with Gasteiger partial charge in [0, 0.05) is 46.0 Å². The number of furan rings is 2. The molecule has 0 radical (unpaired) electrons. The van der Waals surface area contributed by atoms with Gasteiger partial charge in [-0.25, -0.2) is 0 Å². The van der Waals surface area contributed by atoms with E-state index in [4.69, 9.17) is 8.83 Å². The topological polar surface area (TPSA) is 32.8 Å². The quantitative estimate of drug-likeness (QED) is 0.138. The van der Waals surface area contributed by atoms with Crippen molar-refractivity contribution in [2.45, 2.75) is 0 Å². The fraction of sp³-hybridized carbons (Fsp3) is 0. The van der Waals surface area contributed by atoms with Crippen LogP contribution in [0.5, 0.6) is 0 Å². The van der Waals surface area contributed by atoms with Crippen molar-refractivity contribution in [3.63, 3.8) is 0 Å². The Morgan fingerprint density at radius 1 is 0.300 bits per heavy atom. The molecule has 0 atom stereocenters. The van der Waals surface area contributed by atoms with Crippen LogP contribution in [0.2, 0.25) is 0 Å². The predicted molar refractivity (Wildman–Crippen MR) is 207 cm³/mol. The molecular weight excluding hydrogens is 613 g/mol. The number of para-hydroxylation sites is 4. The molecule has 0 saturated carbocycles. The van der Waals surface area contributed by atoms with E-state index in [9.17, 15) is 0 Å². The first kappa shape index (κ1) is 30.5. The first-order valence-corrected chi connectivity index (χ1v) is 16.7. The molecular formula is C46H34N2O2. The smallest absolute Gasteiger partial charge is 0.205 e. The van der Waals surface area contributed by atoms with Crippen LogP contribution in [-0.4, -0.2) is 0 Å². The fourth-order valence-electron chi connectivity index (χ4n) is 6.03. The van der Waals surface area contributed by atoms with Crippen molar-refractivity contribution >= 4 is 46.7 Å². The van der Waals surface area contributed by atoms with E-state index in [1.165, 1.54) is 0 Å². The lowest BCUT2D eigenvalue weighted by Gasteiger charge is -2.22. The molecule has 0 bridgehead atoms. The molecule has 8 aromatic rings. The number of rotatable bonds is 10. The van der Waals surface area contributed by atoms with Crippen molar-refractivity contribution in [3.05, 3.63) is 205 Å². The lowest BCUT2D eigenvalue weighted by atomic mass is 10.1. The summed E-state index contributed by atoms with van der Waals surface area (Å²) in [6.07, 6.45) is 4.25. The highest BCUT2D eigenvalue weighted by Crippen LogP contribution is 2.39. The second kappa shape index (κ2) is 14.1. The summed E-state index contributed by atoms with van der Waals surface area (Å²) in [7, 11) is 0. The van der Waals surface area contributed by atoms with Gasteiger partial charge in [-0.3, -0.25) is 9.80 Å². The van der Waals surface area contributed by atoms with Crippen molar-refractivity contribution < 1.29 is 8.83 Å². The van der Waals surface area contributed by atoms with Crippen LogP contribution in [0.3, 0.4) is 0 Å². The molecule has 6 aromatic carbocycles. The molecule has 0 spiro atoms. The SMILES string of the molecule is C(=Cc1ccc(-c2ccc(N(c3ccccc3)c3ccccc3)o2)cc1)c1ccc(-c2ccc(N(c3ccccc3)c3ccccc3)o2)cc1. The Morgan fingerprint density at radius 3 is 0.900 bits per heavy atom. The average molecular weight is 647 g/mol. The minimum absolute atomic E-state index is 0.764. The number of benzene rings is 6. The Bertz CT molecular complexity index is 2040. The Balaban J connectivity index is 0.962. The van der Waals surface area contributed by atoms with Gasteiger partial charge in [-0.05, 0) is 71.8 Å². The van der Waals surface area contributed by atoms with Crippen LogP contribution in [0.15, 0.2) is 203 Å². The van der Waals surface area contributed by atoms with Crippen LogP contribution < -0.4 is 9.80 Å². The van der Waals surface area contributed by atoms with Crippen molar-refractivity contribution in [3.8, 4) is 22.6 Å². The molecule has 0 N–H and O–H groups in total. The summed E-state index contributed by atoms with van der Waals surface area (Å²) in [5, 5.41) is 0. The van der Waals surface area contributed by atoms with E-state index in [2.05, 4.69) is 119 Å². The molecule has 2 aromatic heterocycles. The van der Waals surface area contributed by atoms with Crippen LogP contribution in [-0.2, 0) is 0 Å². The van der Waals surface area contributed by atoms with Crippen molar-refractivity contribution in [2.24, 2.45) is 0 Å². The molecule has 0 saturated heterocycles. The molecule has 0 aliphatic rings. The van der Waals surface area contributed by atoms with Crippen LogP contribution >= 0.6 is 0 Å². The molecule has 240 valence electrons. The number of hydrogen-bond acceptors (Lipinski definition) is 4. The number of anilines is 6. The van der Waals surface area contributed by atoms with Gasteiger partial charge in [-0.15, -0.1) is 0 Å². The first-order chi connectivity index (χ1) is 24.8. The molecule has 0 amide bonds. The normalized spacial score (nSPS) is 11.1. The van der Waals surface area contributed by atoms with Crippen LogP contribution in [0.4, 0.5) is 34.5 Å². The summed E-state index contributed by atoms with van der Waals surface area (Å²) in [5.74, 6) is 3.17. The zero-order valence-corrected chi connectivity index (χ0v) is 27.3. The van der Waals surface area contributed by atoms with E-state index in [0.717, 1.165) is 68.3 Å². The molecule has 0 aliphatic carbocycles. The van der Waals surface area contributed by atoms with E-state index >= 15 is 0 Å². The maximum Gasteiger partial charge on any atom is 0.205 e. The van der Waals surface area contributed by atoms with E-state index in [0.29, 0.717) is 0 Å². The minimum atomic E-state index is 0.764. The van der Waals surface area contributed by atoms with Gasteiger partial charge in [-0.1, -0.05) is 133 Å². The zero-order valence-electron chi connectivity index (χ0n) is 27.3. The second-order valence-corrected chi connectivity index (χ2v) is 11.9. The number of hydrogen-bond donors (Lipinski definition) is 0. The van der Waals surface area contributed by atoms with Gasteiger partial charge < -0.3 is 8.83 Å². The van der Waals surface area contributed by atoms with E-state index < -0.39 is 0 Å². The summed E-state index contributed by atoms with van der Waals surface area (Å²) in [4.78, 5) is 4.25. The molecule has 2 heterocycles. The second-order valence-electron chi connectivity index (χ2n) is 11.9. The maximum absolute atomic E-state index is 6.41. The fourth-order valence-corrected chi connectivity index (χ4v) is 6.03. The highest BCUT2D eigenvalue weighted by atomic mass is 16.4. The van der Waals surface area contributed by atoms with Crippen LogP contribution in [0.25, 0.3) is 34.8 Å². The van der Waals surface area contributed by atoms with Gasteiger partial charge in [0.1, 0.15) is 11.5 Å². The van der Waals surface area contributed by atoms with E-state index in [-0.39, 0.29) is 0 Å². The maximum atomic E-state index is 6.41. The third kappa shape index (κ3) is 6.64. The Morgan fingerprint density at radius 2 is 0.600 bits per heavy atom. The molecule has 4 heteroatoms. The van der Waals surface area contributed by atoms with Gasteiger partial charge in [-0.2, -0.15) is 0 Å². The van der Waals surface area contributed by atoms with Crippen LogP contribution in [0, 0.1) is 0 Å².